The molecule has 1 atom stereocenters. The molecule has 0 saturated carbocycles. The van der Waals surface area contributed by atoms with Crippen LogP contribution in [0.25, 0.3) is 33.4 Å². The van der Waals surface area contributed by atoms with Gasteiger partial charge >= 0.3 is 13.8 Å². The number of ether oxygens (including phenoxy) is 1. The summed E-state index contributed by atoms with van der Waals surface area (Å²) >= 11 is 0. The van der Waals surface area contributed by atoms with Gasteiger partial charge in [-0.3, -0.25) is 18.6 Å². The van der Waals surface area contributed by atoms with Crippen molar-refractivity contribution in [3.05, 3.63) is 75.9 Å². The first-order valence-electron chi connectivity index (χ1n) is 14.2. The van der Waals surface area contributed by atoms with Crippen molar-refractivity contribution in [2.75, 3.05) is 60.2 Å². The zero-order chi connectivity index (χ0) is 32.8. The van der Waals surface area contributed by atoms with E-state index in [1.165, 1.54) is 42.5 Å². The maximum atomic E-state index is 12.9. The number of benzene rings is 3. The molecule has 0 radical (unpaired) electrons. The summed E-state index contributed by atoms with van der Waals surface area (Å²) in [5.41, 5.74) is 1.26. The van der Waals surface area contributed by atoms with Gasteiger partial charge in [-0.25, -0.2) is 9.36 Å². The number of aromatic carboxylic acids is 1. The van der Waals surface area contributed by atoms with Crippen LogP contribution < -0.4 is 10.7 Å². The first-order chi connectivity index (χ1) is 21.3. The van der Waals surface area contributed by atoms with Crippen LogP contribution in [0.1, 0.15) is 27.6 Å². The van der Waals surface area contributed by atoms with Gasteiger partial charge in [0.25, 0.3) is 5.91 Å². The lowest BCUT2D eigenvalue weighted by molar-refractivity contribution is -0.890. The summed E-state index contributed by atoms with van der Waals surface area (Å²) in [6.45, 7) is 3.48. The van der Waals surface area contributed by atoms with E-state index in [0.29, 0.717) is 46.3 Å². The van der Waals surface area contributed by atoms with Gasteiger partial charge in [-0.1, -0.05) is 6.07 Å². The zero-order valence-corrected chi connectivity index (χ0v) is 26.0. The molecule has 0 saturated heterocycles. The van der Waals surface area contributed by atoms with Crippen LogP contribution >= 0.6 is 7.82 Å². The Balaban J connectivity index is 1.41. The number of nitrogens with zero attached hydrogens (tertiary/aromatic N) is 1. The third kappa shape index (κ3) is 8.76. The number of phenols is 1. The van der Waals surface area contributed by atoms with Crippen LogP contribution in [0.15, 0.2) is 63.8 Å². The summed E-state index contributed by atoms with van der Waals surface area (Å²) in [5.74, 6) is -1.57. The number of fused-ring (bicyclic) bond motifs is 2. The number of hydrogen-bond donors (Lipinski definition) is 4. The first kappa shape index (κ1) is 33.8. The van der Waals surface area contributed by atoms with Crippen LogP contribution in [0.4, 0.5) is 0 Å². The molecule has 2 aliphatic rings. The molecule has 1 aliphatic heterocycles. The van der Waals surface area contributed by atoms with E-state index in [2.05, 4.69) is 9.84 Å². The van der Waals surface area contributed by atoms with E-state index >= 15 is 0 Å². The lowest BCUT2D eigenvalue weighted by Gasteiger charge is -2.29. The molecule has 0 aromatic heterocycles. The predicted octanol–water partition coefficient (Wildman–Crippen LogP) is 3.94. The van der Waals surface area contributed by atoms with E-state index in [1.807, 2.05) is 14.1 Å². The molecule has 1 amide bonds. The van der Waals surface area contributed by atoms with Gasteiger partial charge in [0.2, 0.25) is 0 Å². The monoisotopic (exact) mass is 643 g/mol. The maximum absolute atomic E-state index is 12.9. The Morgan fingerprint density at radius 2 is 1.69 bits per heavy atom. The van der Waals surface area contributed by atoms with Crippen molar-refractivity contribution in [2.24, 2.45) is 0 Å². The predicted molar refractivity (Wildman–Crippen MR) is 166 cm³/mol. The maximum Gasteiger partial charge on any atom is 0.472 e. The molecule has 1 unspecified atom stereocenters. The molecule has 0 bridgehead atoms. The lowest BCUT2D eigenvalue weighted by atomic mass is 9.90. The Hall–Kier alpha value is -4.10. The molecule has 13 nitrogen and oxygen atoms in total. The number of carboxylic acids is 1. The Bertz CT molecular complexity index is 1770. The normalized spacial score (nSPS) is 13.2. The number of phosphoric acid groups is 1. The molecular formula is C31H36N2O11P+. The van der Waals surface area contributed by atoms with Crippen LogP contribution in [0, 0.1) is 0 Å². The summed E-state index contributed by atoms with van der Waals surface area (Å²) in [7, 11) is -0.204. The molecule has 1 aliphatic carbocycles. The minimum atomic E-state index is -4.04. The van der Waals surface area contributed by atoms with E-state index in [1.54, 1.807) is 19.1 Å². The minimum absolute atomic E-state index is 0.0324. The number of carbonyl (C=O) groups excluding carboxylic acids is 1. The van der Waals surface area contributed by atoms with Crippen LogP contribution in [0.2, 0.25) is 0 Å². The van der Waals surface area contributed by atoms with Gasteiger partial charge in [-0.2, -0.15) is 0 Å². The van der Waals surface area contributed by atoms with Crippen molar-refractivity contribution in [3.63, 3.8) is 0 Å². The second-order valence-electron chi connectivity index (χ2n) is 10.9. The van der Waals surface area contributed by atoms with Crippen molar-refractivity contribution >= 4 is 30.7 Å². The zero-order valence-electron chi connectivity index (χ0n) is 25.1. The number of carbonyl (C=O) groups is 2. The number of hydrogen-bond acceptors (Lipinski definition) is 9. The summed E-state index contributed by atoms with van der Waals surface area (Å²) < 4.78 is 33.2. The number of aromatic hydroxyl groups is 1. The number of phenolic OH excluding ortho intramolecular Hbond substituents is 1. The average Bonchev–Trinajstić information content (AvgIpc) is 2.96. The van der Waals surface area contributed by atoms with Crippen molar-refractivity contribution in [3.8, 4) is 28.2 Å². The molecule has 0 spiro atoms. The number of amides is 1. The fourth-order valence-corrected chi connectivity index (χ4v) is 5.41. The number of quaternary nitrogens is 1. The molecule has 0 fully saturated rings. The Morgan fingerprint density at radius 1 is 0.956 bits per heavy atom. The van der Waals surface area contributed by atoms with E-state index < -0.39 is 19.7 Å². The summed E-state index contributed by atoms with van der Waals surface area (Å²) in [5, 5.41) is 23.3. The summed E-state index contributed by atoms with van der Waals surface area (Å²) in [6, 6.07) is 13.0. The Labute approximate surface area is 259 Å². The fourth-order valence-electron chi connectivity index (χ4n) is 4.70. The highest BCUT2D eigenvalue weighted by molar-refractivity contribution is 7.47. The number of likely N-dealkylation sites (N-methyl/N-ethyl adjacent to an activating group) is 1. The van der Waals surface area contributed by atoms with Crippen molar-refractivity contribution in [2.45, 2.75) is 6.92 Å². The van der Waals surface area contributed by atoms with Gasteiger partial charge in [0.15, 0.2) is 5.43 Å². The largest absolute Gasteiger partial charge is 0.508 e. The second-order valence-corrected chi connectivity index (χ2v) is 12.3. The molecular weight excluding hydrogens is 607 g/mol. The quantitative estimate of drug-likeness (QED) is 0.0637. The van der Waals surface area contributed by atoms with Gasteiger partial charge < -0.3 is 34.1 Å². The first-order valence-corrected chi connectivity index (χ1v) is 15.7. The highest BCUT2D eigenvalue weighted by Gasteiger charge is 2.24. The lowest BCUT2D eigenvalue weighted by Crippen LogP contribution is -2.44. The third-order valence-electron chi connectivity index (χ3n) is 7.07. The molecule has 1 heterocycles. The summed E-state index contributed by atoms with van der Waals surface area (Å²) in [4.78, 5) is 46.8. The summed E-state index contributed by atoms with van der Waals surface area (Å²) in [6.07, 6.45) is 0. The molecule has 14 heteroatoms. The van der Waals surface area contributed by atoms with Crippen molar-refractivity contribution in [1.82, 2.24) is 5.32 Å². The van der Waals surface area contributed by atoms with Gasteiger partial charge in [0, 0.05) is 40.8 Å². The Kier molecular flexibility index (Phi) is 10.8. The number of nitrogens with one attached hydrogen (secondary N) is 1. The molecule has 45 heavy (non-hydrogen) atoms. The van der Waals surface area contributed by atoms with Gasteiger partial charge in [0.05, 0.1) is 39.5 Å². The molecule has 2 aromatic rings. The second kappa shape index (κ2) is 14.3. The molecule has 240 valence electrons. The Morgan fingerprint density at radius 3 is 2.42 bits per heavy atom. The van der Waals surface area contributed by atoms with E-state index in [0.717, 1.165) is 0 Å². The minimum Gasteiger partial charge on any atom is -0.508 e. The average molecular weight is 644 g/mol. The number of carboxylic acid groups (broad SMARTS) is 1. The van der Waals surface area contributed by atoms with Gasteiger partial charge in [-0.15, -0.1) is 0 Å². The molecule has 4 N–H and O–H groups in total. The van der Waals surface area contributed by atoms with E-state index in [9.17, 15) is 34.1 Å². The highest BCUT2D eigenvalue weighted by atomic mass is 31.2. The van der Waals surface area contributed by atoms with Crippen LogP contribution in [-0.2, 0) is 18.3 Å². The number of phosphoric ester groups is 1. The van der Waals surface area contributed by atoms with Crippen LogP contribution in [-0.4, -0.2) is 91.6 Å². The van der Waals surface area contributed by atoms with Crippen molar-refractivity contribution < 1.29 is 51.9 Å². The van der Waals surface area contributed by atoms with Crippen LogP contribution in [0.5, 0.6) is 5.75 Å². The van der Waals surface area contributed by atoms with E-state index in [-0.39, 0.29) is 60.0 Å². The van der Waals surface area contributed by atoms with Gasteiger partial charge in [0.1, 0.15) is 36.8 Å². The van der Waals surface area contributed by atoms with Crippen molar-refractivity contribution in [1.29, 1.82) is 0 Å². The number of rotatable bonds is 15. The topological polar surface area (TPSA) is 182 Å². The molecule has 2 aromatic carbocycles. The third-order valence-corrected chi connectivity index (χ3v) is 8.17. The van der Waals surface area contributed by atoms with Crippen LogP contribution in [0.3, 0.4) is 0 Å². The molecule has 4 rings (SSSR count). The smallest absolute Gasteiger partial charge is 0.472 e. The fraction of sp³-hybridized carbons (Fsp3) is 0.323. The van der Waals surface area contributed by atoms with E-state index in [4.69, 9.17) is 13.7 Å². The standard InChI is InChI=1S/C31H35N2O11P/c1-4-42-45(39,40)43-16-13-33(2,3)12-15-41-14-11-32-30(36)20-5-8-23(26(17-20)31(37)38)29-24-9-6-21(34)18-27(24)44-28-19-22(35)7-10-25(28)29/h5-10,17-19H,4,11-16H2,1-3H3,(H3-,32,34,35,36,37,38,39,40)/p+1. The SMILES string of the molecule is CCOP(=O)(O)OCC[N+](C)(C)CCOCCNC(=O)c1ccc(-c2c3ccc(=O)cc-3oc3cc(O)ccc23)c(C(=O)O)c1. The highest BCUT2D eigenvalue weighted by Crippen LogP contribution is 2.43. The van der Waals surface area contributed by atoms with Gasteiger partial charge in [-0.05, 0) is 48.9 Å².